The van der Waals surface area contributed by atoms with E-state index in [4.69, 9.17) is 9.47 Å². The quantitative estimate of drug-likeness (QED) is 0.239. The van der Waals surface area contributed by atoms with Crippen LogP contribution in [0.15, 0.2) is 83.3 Å². The van der Waals surface area contributed by atoms with Crippen LogP contribution >= 0.6 is 11.3 Å². The van der Waals surface area contributed by atoms with Gasteiger partial charge in [0.05, 0.1) is 18.5 Å². The van der Waals surface area contributed by atoms with Gasteiger partial charge in [0.15, 0.2) is 11.5 Å². The number of ether oxygens (including phenoxy) is 2. The maximum absolute atomic E-state index is 13.1. The summed E-state index contributed by atoms with van der Waals surface area (Å²) in [6.45, 7) is 2.75. The van der Waals surface area contributed by atoms with Crippen LogP contribution in [0, 0.1) is 5.82 Å². The van der Waals surface area contributed by atoms with Gasteiger partial charge in [-0.05, 0) is 48.4 Å². The van der Waals surface area contributed by atoms with Crippen molar-refractivity contribution in [1.29, 1.82) is 0 Å². The van der Waals surface area contributed by atoms with Gasteiger partial charge in [0.1, 0.15) is 12.4 Å². The van der Waals surface area contributed by atoms with Gasteiger partial charge in [-0.25, -0.2) is 9.37 Å². The monoisotopic (exact) mass is 447 g/mol. The summed E-state index contributed by atoms with van der Waals surface area (Å²) >= 11 is 1.49. The van der Waals surface area contributed by atoms with Crippen LogP contribution < -0.4 is 14.9 Å². The lowest BCUT2D eigenvalue weighted by Gasteiger charge is -2.12. The van der Waals surface area contributed by atoms with E-state index in [9.17, 15) is 4.39 Å². The number of hydrazone groups is 1. The van der Waals surface area contributed by atoms with Crippen molar-refractivity contribution in [2.24, 2.45) is 5.10 Å². The molecule has 0 fully saturated rings. The van der Waals surface area contributed by atoms with Gasteiger partial charge in [-0.1, -0.05) is 42.5 Å². The van der Waals surface area contributed by atoms with Crippen molar-refractivity contribution in [3.05, 3.63) is 95.1 Å². The molecule has 4 rings (SSSR count). The Morgan fingerprint density at radius 1 is 1.00 bits per heavy atom. The second kappa shape index (κ2) is 10.5. The molecule has 0 aliphatic rings. The van der Waals surface area contributed by atoms with Crippen molar-refractivity contribution in [2.75, 3.05) is 12.0 Å². The predicted molar refractivity (Wildman–Crippen MR) is 127 cm³/mol. The highest BCUT2D eigenvalue weighted by molar-refractivity contribution is 7.14. The Morgan fingerprint density at radius 3 is 2.59 bits per heavy atom. The smallest absolute Gasteiger partial charge is 0.203 e. The molecule has 0 unspecified atom stereocenters. The van der Waals surface area contributed by atoms with Crippen molar-refractivity contribution in [3.8, 4) is 22.8 Å². The number of thiazole rings is 1. The molecule has 5 nitrogen and oxygen atoms in total. The highest BCUT2D eigenvalue weighted by atomic mass is 32.1. The Hall–Kier alpha value is -3.71. The third-order valence-corrected chi connectivity index (χ3v) is 5.27. The zero-order valence-corrected chi connectivity index (χ0v) is 18.3. The number of benzene rings is 3. The molecule has 0 bridgehead atoms. The van der Waals surface area contributed by atoms with Crippen LogP contribution in [0.1, 0.15) is 18.1 Å². The summed E-state index contributed by atoms with van der Waals surface area (Å²) in [5.74, 6) is 0.975. The van der Waals surface area contributed by atoms with E-state index in [0.29, 0.717) is 29.8 Å². The normalized spacial score (nSPS) is 10.9. The number of aromatic nitrogens is 1. The maximum Gasteiger partial charge on any atom is 0.203 e. The van der Waals surface area contributed by atoms with E-state index in [1.54, 1.807) is 18.3 Å². The zero-order chi connectivity index (χ0) is 22.2. The Morgan fingerprint density at radius 2 is 1.81 bits per heavy atom. The van der Waals surface area contributed by atoms with Crippen molar-refractivity contribution >= 4 is 22.7 Å². The van der Waals surface area contributed by atoms with E-state index >= 15 is 0 Å². The Bertz CT molecular complexity index is 1180. The first-order valence-electron chi connectivity index (χ1n) is 10.2. The average molecular weight is 448 g/mol. The van der Waals surface area contributed by atoms with Gasteiger partial charge in [0.2, 0.25) is 5.13 Å². The lowest BCUT2D eigenvalue weighted by atomic mass is 10.2. The number of hydrogen-bond acceptors (Lipinski definition) is 6. The second-order valence-corrected chi connectivity index (χ2v) is 7.69. The van der Waals surface area contributed by atoms with Crippen molar-refractivity contribution in [1.82, 2.24) is 4.98 Å². The van der Waals surface area contributed by atoms with Crippen molar-refractivity contribution < 1.29 is 13.9 Å². The molecule has 0 aliphatic carbocycles. The third kappa shape index (κ3) is 5.70. The molecule has 0 saturated heterocycles. The molecule has 1 heterocycles. The number of nitrogens with one attached hydrogen (secondary N) is 1. The van der Waals surface area contributed by atoms with Crippen LogP contribution in [-0.4, -0.2) is 17.8 Å². The summed E-state index contributed by atoms with van der Waals surface area (Å²) in [6, 6.07) is 21.8. The first kappa shape index (κ1) is 21.5. The SMILES string of the molecule is CCOc1cc(C=NNc2nc(-c3ccccc3)cs2)ccc1OCc1ccc(F)cc1. The lowest BCUT2D eigenvalue weighted by molar-refractivity contribution is 0.269. The van der Waals surface area contributed by atoms with Crippen LogP contribution in [0.2, 0.25) is 0 Å². The van der Waals surface area contributed by atoms with Crippen LogP contribution in [0.25, 0.3) is 11.3 Å². The summed E-state index contributed by atoms with van der Waals surface area (Å²) in [5.41, 5.74) is 6.69. The fourth-order valence-corrected chi connectivity index (χ4v) is 3.63. The molecule has 7 heteroatoms. The average Bonchev–Trinajstić information content (AvgIpc) is 3.29. The van der Waals surface area contributed by atoms with Crippen LogP contribution in [-0.2, 0) is 6.61 Å². The van der Waals surface area contributed by atoms with Crippen LogP contribution in [0.5, 0.6) is 11.5 Å². The molecule has 4 aromatic rings. The van der Waals surface area contributed by atoms with E-state index in [2.05, 4.69) is 15.5 Å². The standard InChI is InChI=1S/C25H22FN3O2S/c1-2-30-24-14-19(10-13-23(24)31-16-18-8-11-21(26)12-9-18)15-27-29-25-28-22(17-32-25)20-6-4-3-5-7-20/h3-15,17H,2,16H2,1H3,(H,28,29). The van der Waals surface area contributed by atoms with Crippen LogP contribution in [0.4, 0.5) is 9.52 Å². The number of halogens is 1. The van der Waals surface area contributed by atoms with Gasteiger partial charge in [-0.3, -0.25) is 5.43 Å². The molecule has 0 radical (unpaired) electrons. The zero-order valence-electron chi connectivity index (χ0n) is 17.5. The van der Waals surface area contributed by atoms with E-state index in [1.807, 2.05) is 60.8 Å². The second-order valence-electron chi connectivity index (χ2n) is 6.83. The summed E-state index contributed by atoms with van der Waals surface area (Å²) in [6.07, 6.45) is 1.70. The Labute approximate surface area is 190 Å². The predicted octanol–water partition coefficient (Wildman–Crippen LogP) is 6.37. The first-order chi connectivity index (χ1) is 15.7. The van der Waals surface area contributed by atoms with Gasteiger partial charge in [0, 0.05) is 10.9 Å². The Kier molecular flexibility index (Phi) is 7.09. The van der Waals surface area contributed by atoms with Gasteiger partial charge >= 0.3 is 0 Å². The van der Waals surface area contributed by atoms with E-state index in [-0.39, 0.29) is 5.82 Å². The van der Waals surface area contributed by atoms with Gasteiger partial charge in [-0.2, -0.15) is 5.10 Å². The lowest BCUT2D eigenvalue weighted by Crippen LogP contribution is -2.00. The molecule has 0 aliphatic heterocycles. The highest BCUT2D eigenvalue weighted by Crippen LogP contribution is 2.29. The number of nitrogens with zero attached hydrogens (tertiary/aromatic N) is 2. The maximum atomic E-state index is 13.1. The van der Waals surface area contributed by atoms with E-state index < -0.39 is 0 Å². The minimum atomic E-state index is -0.268. The molecule has 1 N–H and O–H groups in total. The number of rotatable bonds is 9. The van der Waals surface area contributed by atoms with E-state index in [0.717, 1.165) is 22.4 Å². The molecule has 32 heavy (non-hydrogen) atoms. The first-order valence-corrected chi connectivity index (χ1v) is 11.0. The van der Waals surface area contributed by atoms with Gasteiger partial charge in [-0.15, -0.1) is 11.3 Å². The number of anilines is 1. The molecule has 3 aromatic carbocycles. The molecule has 0 amide bonds. The van der Waals surface area contributed by atoms with Crippen LogP contribution in [0.3, 0.4) is 0 Å². The minimum Gasteiger partial charge on any atom is -0.490 e. The summed E-state index contributed by atoms with van der Waals surface area (Å²) < 4.78 is 24.7. The number of hydrogen-bond donors (Lipinski definition) is 1. The van der Waals surface area contributed by atoms with E-state index in [1.165, 1.54) is 23.5 Å². The van der Waals surface area contributed by atoms with Crippen molar-refractivity contribution in [2.45, 2.75) is 13.5 Å². The largest absolute Gasteiger partial charge is 0.490 e. The molecule has 162 valence electrons. The Balaban J connectivity index is 1.40. The van der Waals surface area contributed by atoms with Crippen molar-refractivity contribution in [3.63, 3.8) is 0 Å². The van der Waals surface area contributed by atoms with Gasteiger partial charge in [0.25, 0.3) is 0 Å². The third-order valence-electron chi connectivity index (χ3n) is 4.52. The molecule has 0 atom stereocenters. The minimum absolute atomic E-state index is 0.268. The fraction of sp³-hybridized carbons (Fsp3) is 0.120. The summed E-state index contributed by atoms with van der Waals surface area (Å²) in [5, 5.41) is 7.00. The highest BCUT2D eigenvalue weighted by Gasteiger charge is 2.07. The summed E-state index contributed by atoms with van der Waals surface area (Å²) in [4.78, 5) is 4.56. The summed E-state index contributed by atoms with van der Waals surface area (Å²) in [7, 11) is 0. The van der Waals surface area contributed by atoms with Gasteiger partial charge < -0.3 is 9.47 Å². The molecule has 0 spiro atoms. The molecule has 0 saturated carbocycles. The molecular formula is C25H22FN3O2S. The molecule has 1 aromatic heterocycles. The topological polar surface area (TPSA) is 55.7 Å². The fourth-order valence-electron chi connectivity index (χ4n) is 2.96. The molecular weight excluding hydrogens is 425 g/mol.